The van der Waals surface area contributed by atoms with E-state index in [0.29, 0.717) is 29.2 Å². The van der Waals surface area contributed by atoms with Gasteiger partial charge in [0.05, 0.1) is 11.3 Å². The van der Waals surface area contributed by atoms with Gasteiger partial charge in [-0.1, -0.05) is 11.6 Å². The molecule has 0 atom stereocenters. The minimum Gasteiger partial charge on any atom is -0.398 e. The minimum atomic E-state index is -0.226. The van der Waals surface area contributed by atoms with E-state index in [4.69, 9.17) is 17.3 Å². The molecule has 0 bridgehead atoms. The molecule has 0 aliphatic heterocycles. The fourth-order valence-corrected chi connectivity index (χ4v) is 1.89. The summed E-state index contributed by atoms with van der Waals surface area (Å²) in [6.45, 7) is 0.502. The van der Waals surface area contributed by atoms with Crippen molar-refractivity contribution in [2.45, 2.75) is 6.42 Å². The van der Waals surface area contributed by atoms with Gasteiger partial charge in [0.25, 0.3) is 5.91 Å². The first-order valence-electron chi connectivity index (χ1n) is 5.88. The number of anilines is 1. The molecule has 0 aliphatic carbocycles. The molecule has 0 radical (unpaired) electrons. The first-order chi connectivity index (χ1) is 9.06. The number of aromatic nitrogens is 2. The summed E-state index contributed by atoms with van der Waals surface area (Å²) in [5.74, 6) is -0.226. The van der Waals surface area contributed by atoms with Crippen molar-refractivity contribution in [1.82, 2.24) is 15.1 Å². The second kappa shape index (κ2) is 5.75. The molecule has 0 spiro atoms. The van der Waals surface area contributed by atoms with Crippen LogP contribution < -0.4 is 11.1 Å². The molecule has 19 heavy (non-hydrogen) atoms. The van der Waals surface area contributed by atoms with Crippen LogP contribution in [-0.4, -0.2) is 22.2 Å². The molecule has 1 aromatic carbocycles. The van der Waals surface area contributed by atoms with Crippen LogP contribution >= 0.6 is 11.6 Å². The molecule has 1 aromatic heterocycles. The zero-order valence-corrected chi connectivity index (χ0v) is 11.3. The van der Waals surface area contributed by atoms with Crippen molar-refractivity contribution in [2.75, 3.05) is 12.3 Å². The number of rotatable bonds is 4. The van der Waals surface area contributed by atoms with Gasteiger partial charge in [0.2, 0.25) is 0 Å². The van der Waals surface area contributed by atoms with Crippen molar-refractivity contribution in [3.8, 4) is 0 Å². The second-order valence-electron chi connectivity index (χ2n) is 4.22. The van der Waals surface area contributed by atoms with Crippen LogP contribution in [0, 0.1) is 0 Å². The van der Waals surface area contributed by atoms with E-state index in [1.165, 1.54) is 0 Å². The van der Waals surface area contributed by atoms with Gasteiger partial charge < -0.3 is 11.1 Å². The third-order valence-corrected chi connectivity index (χ3v) is 2.93. The molecule has 0 aliphatic rings. The van der Waals surface area contributed by atoms with Crippen LogP contribution in [0.25, 0.3) is 0 Å². The summed E-state index contributed by atoms with van der Waals surface area (Å²) in [5, 5.41) is 7.52. The van der Waals surface area contributed by atoms with Crippen LogP contribution in [0.2, 0.25) is 5.02 Å². The van der Waals surface area contributed by atoms with Gasteiger partial charge in [-0.25, -0.2) is 0 Å². The van der Waals surface area contributed by atoms with E-state index in [1.807, 2.05) is 19.3 Å². The maximum absolute atomic E-state index is 11.9. The van der Waals surface area contributed by atoms with Gasteiger partial charge >= 0.3 is 0 Å². The van der Waals surface area contributed by atoms with E-state index in [2.05, 4.69) is 10.4 Å². The van der Waals surface area contributed by atoms with Crippen LogP contribution in [0.4, 0.5) is 5.69 Å². The smallest absolute Gasteiger partial charge is 0.253 e. The molecule has 6 heteroatoms. The van der Waals surface area contributed by atoms with Crippen LogP contribution in [-0.2, 0) is 13.5 Å². The number of hydrogen-bond donors (Lipinski definition) is 2. The Morgan fingerprint density at radius 2 is 2.26 bits per heavy atom. The van der Waals surface area contributed by atoms with Gasteiger partial charge in [-0.3, -0.25) is 9.48 Å². The lowest BCUT2D eigenvalue weighted by Gasteiger charge is -2.07. The molecule has 100 valence electrons. The predicted octanol–water partition coefficient (Wildman–Crippen LogP) is 1.63. The van der Waals surface area contributed by atoms with Crippen molar-refractivity contribution in [1.29, 1.82) is 0 Å². The number of nitrogens with two attached hydrogens (primary N) is 1. The molecule has 3 N–H and O–H groups in total. The minimum absolute atomic E-state index is 0.226. The van der Waals surface area contributed by atoms with E-state index in [1.54, 1.807) is 22.9 Å². The van der Waals surface area contributed by atoms with E-state index in [0.717, 1.165) is 5.69 Å². The number of carbonyl (C=O) groups excluding carboxylic acids is 1. The molecule has 1 amide bonds. The average Bonchev–Trinajstić information content (AvgIpc) is 2.78. The van der Waals surface area contributed by atoms with Gasteiger partial charge in [0.1, 0.15) is 0 Å². The monoisotopic (exact) mass is 278 g/mol. The molecule has 0 saturated heterocycles. The zero-order chi connectivity index (χ0) is 13.8. The summed E-state index contributed by atoms with van der Waals surface area (Å²) in [6.07, 6.45) is 2.54. The number of amides is 1. The Labute approximate surface area is 116 Å². The maximum Gasteiger partial charge on any atom is 0.253 e. The number of hydrogen-bond acceptors (Lipinski definition) is 3. The molecular weight excluding hydrogens is 264 g/mol. The van der Waals surface area contributed by atoms with Gasteiger partial charge in [-0.05, 0) is 24.3 Å². The summed E-state index contributed by atoms with van der Waals surface area (Å²) < 4.78 is 1.73. The van der Waals surface area contributed by atoms with Crippen molar-refractivity contribution in [2.24, 2.45) is 7.05 Å². The molecule has 0 fully saturated rings. The van der Waals surface area contributed by atoms with E-state index < -0.39 is 0 Å². The second-order valence-corrected chi connectivity index (χ2v) is 4.65. The van der Waals surface area contributed by atoms with Gasteiger partial charge in [0.15, 0.2) is 0 Å². The molecule has 0 unspecified atom stereocenters. The molecule has 2 rings (SSSR count). The van der Waals surface area contributed by atoms with Gasteiger partial charge in [0, 0.05) is 36.9 Å². The van der Waals surface area contributed by atoms with Crippen molar-refractivity contribution < 1.29 is 4.79 Å². The summed E-state index contributed by atoms with van der Waals surface area (Å²) in [6, 6.07) is 6.75. The van der Waals surface area contributed by atoms with Crippen molar-refractivity contribution in [3.63, 3.8) is 0 Å². The Kier molecular flexibility index (Phi) is 4.06. The Balaban J connectivity index is 1.92. The zero-order valence-electron chi connectivity index (χ0n) is 10.6. The third-order valence-electron chi connectivity index (χ3n) is 2.70. The Hall–Kier alpha value is -2.01. The number of aryl methyl sites for hydroxylation is 1. The highest BCUT2D eigenvalue weighted by Gasteiger charge is 2.09. The number of halogens is 1. The number of benzene rings is 1. The number of nitrogens with zero attached hydrogens (tertiary/aromatic N) is 2. The highest BCUT2D eigenvalue weighted by molar-refractivity contribution is 6.31. The molecule has 0 saturated carbocycles. The largest absolute Gasteiger partial charge is 0.398 e. The first-order valence-corrected chi connectivity index (χ1v) is 6.26. The quantitative estimate of drug-likeness (QED) is 0.835. The Morgan fingerprint density at radius 1 is 1.47 bits per heavy atom. The van der Waals surface area contributed by atoms with E-state index in [-0.39, 0.29) is 5.91 Å². The Bertz CT molecular complexity index is 594. The third kappa shape index (κ3) is 3.48. The number of carbonyl (C=O) groups is 1. The Morgan fingerprint density at radius 3 is 2.95 bits per heavy atom. The summed E-state index contributed by atoms with van der Waals surface area (Å²) in [7, 11) is 1.86. The number of nitrogen functional groups attached to an aromatic ring is 1. The van der Waals surface area contributed by atoms with E-state index >= 15 is 0 Å². The fourth-order valence-electron chi connectivity index (χ4n) is 1.72. The first kappa shape index (κ1) is 13.4. The average molecular weight is 279 g/mol. The maximum atomic E-state index is 11.9. The summed E-state index contributed by atoms with van der Waals surface area (Å²) in [5.41, 5.74) is 7.49. The lowest BCUT2D eigenvalue weighted by molar-refractivity contribution is 0.0955. The normalized spacial score (nSPS) is 10.4. The van der Waals surface area contributed by atoms with Crippen LogP contribution in [0.3, 0.4) is 0 Å². The highest BCUT2D eigenvalue weighted by Crippen LogP contribution is 2.17. The predicted molar refractivity (Wildman–Crippen MR) is 75.1 cm³/mol. The van der Waals surface area contributed by atoms with E-state index in [9.17, 15) is 4.79 Å². The van der Waals surface area contributed by atoms with Crippen LogP contribution in [0.15, 0.2) is 30.5 Å². The topological polar surface area (TPSA) is 72.9 Å². The molecule has 1 heterocycles. The van der Waals surface area contributed by atoms with Crippen LogP contribution in [0.5, 0.6) is 0 Å². The SMILES string of the molecule is Cn1ccc(CCNC(=O)c2cc(Cl)ccc2N)n1. The standard InChI is InChI=1S/C13H15ClN4O/c1-18-7-5-10(17-18)4-6-16-13(19)11-8-9(14)2-3-12(11)15/h2-3,5,7-8H,4,6,15H2,1H3,(H,16,19). The summed E-state index contributed by atoms with van der Waals surface area (Å²) in [4.78, 5) is 11.9. The van der Waals surface area contributed by atoms with Crippen molar-refractivity contribution >= 4 is 23.2 Å². The van der Waals surface area contributed by atoms with Crippen molar-refractivity contribution in [3.05, 3.63) is 46.7 Å². The highest BCUT2D eigenvalue weighted by atomic mass is 35.5. The van der Waals surface area contributed by atoms with Gasteiger partial charge in [-0.2, -0.15) is 5.10 Å². The summed E-state index contributed by atoms with van der Waals surface area (Å²) >= 11 is 5.85. The lowest BCUT2D eigenvalue weighted by Crippen LogP contribution is -2.26. The fraction of sp³-hybridized carbons (Fsp3) is 0.231. The molecule has 2 aromatic rings. The lowest BCUT2D eigenvalue weighted by atomic mass is 10.1. The molecule has 5 nitrogen and oxygen atoms in total. The molecular formula is C13H15ClN4O. The van der Waals surface area contributed by atoms with Crippen LogP contribution in [0.1, 0.15) is 16.1 Å². The number of nitrogens with one attached hydrogen (secondary N) is 1. The van der Waals surface area contributed by atoms with Gasteiger partial charge in [-0.15, -0.1) is 0 Å².